The van der Waals surface area contributed by atoms with Crippen molar-refractivity contribution in [2.45, 2.75) is 12.8 Å². The lowest BCUT2D eigenvalue weighted by Crippen LogP contribution is -2.36. The highest BCUT2D eigenvalue weighted by Gasteiger charge is 2.30. The van der Waals surface area contributed by atoms with E-state index in [2.05, 4.69) is 0 Å². The van der Waals surface area contributed by atoms with Crippen molar-refractivity contribution in [3.8, 4) is 11.1 Å². The fraction of sp³-hybridized carbons (Fsp3) is 0.222. The Labute approximate surface area is 134 Å². The first-order valence-corrected chi connectivity index (χ1v) is 7.49. The molecule has 0 aliphatic heterocycles. The Morgan fingerprint density at radius 3 is 2.04 bits per heavy atom. The van der Waals surface area contributed by atoms with Crippen LogP contribution in [0.3, 0.4) is 0 Å². The Balaban J connectivity index is 1.84. The first kappa shape index (κ1) is 15.1. The van der Waals surface area contributed by atoms with Gasteiger partial charge in [0.05, 0.1) is 0 Å². The molecule has 0 spiro atoms. The highest BCUT2D eigenvalue weighted by Crippen LogP contribution is 2.44. The van der Waals surface area contributed by atoms with Crippen molar-refractivity contribution < 1.29 is 19.4 Å². The third-order valence-corrected chi connectivity index (χ3v) is 4.10. The van der Waals surface area contributed by atoms with E-state index in [9.17, 15) is 9.59 Å². The maximum atomic E-state index is 11.9. The van der Waals surface area contributed by atoms with E-state index in [1.807, 2.05) is 48.5 Å². The third kappa shape index (κ3) is 2.65. The first-order valence-electron chi connectivity index (χ1n) is 7.49. The monoisotopic (exact) mass is 311 g/mol. The number of imide groups is 1. The van der Waals surface area contributed by atoms with Crippen molar-refractivity contribution >= 4 is 12.2 Å². The van der Waals surface area contributed by atoms with E-state index in [0.29, 0.717) is 4.90 Å². The number of rotatable bonds is 3. The van der Waals surface area contributed by atoms with E-state index in [4.69, 9.17) is 9.84 Å². The fourth-order valence-electron chi connectivity index (χ4n) is 3.01. The topological polar surface area (TPSA) is 66.8 Å². The van der Waals surface area contributed by atoms with Crippen molar-refractivity contribution in [3.05, 3.63) is 59.7 Å². The zero-order valence-corrected chi connectivity index (χ0v) is 12.7. The van der Waals surface area contributed by atoms with Crippen molar-refractivity contribution in [1.82, 2.24) is 4.90 Å². The second-order valence-corrected chi connectivity index (χ2v) is 5.33. The van der Waals surface area contributed by atoms with Crippen molar-refractivity contribution in [2.24, 2.45) is 0 Å². The number of amides is 2. The average Bonchev–Trinajstić information content (AvgIpc) is 2.87. The lowest BCUT2D eigenvalue weighted by Gasteiger charge is -2.18. The molecule has 118 valence electrons. The highest BCUT2D eigenvalue weighted by atomic mass is 16.6. The molecule has 1 aliphatic carbocycles. The Hall–Kier alpha value is -2.82. The molecule has 0 bridgehead atoms. The molecule has 23 heavy (non-hydrogen) atoms. The van der Waals surface area contributed by atoms with E-state index >= 15 is 0 Å². The Morgan fingerprint density at radius 2 is 1.57 bits per heavy atom. The van der Waals surface area contributed by atoms with Gasteiger partial charge in [0.1, 0.15) is 6.61 Å². The number of nitrogens with zero attached hydrogens (tertiary/aromatic N) is 1. The van der Waals surface area contributed by atoms with Gasteiger partial charge in [-0.15, -0.1) is 0 Å². The van der Waals surface area contributed by atoms with Gasteiger partial charge in [-0.1, -0.05) is 48.5 Å². The van der Waals surface area contributed by atoms with E-state index in [-0.39, 0.29) is 19.1 Å². The van der Waals surface area contributed by atoms with Gasteiger partial charge in [-0.05, 0) is 29.2 Å². The van der Waals surface area contributed by atoms with Gasteiger partial charge in [0.2, 0.25) is 0 Å². The summed E-state index contributed by atoms with van der Waals surface area (Å²) in [5, 5.41) is 8.98. The van der Waals surface area contributed by atoms with Crippen LogP contribution in [0, 0.1) is 0 Å². The second kappa shape index (κ2) is 6.12. The minimum atomic E-state index is -1.30. The molecule has 3 rings (SSSR count). The third-order valence-electron chi connectivity index (χ3n) is 4.10. The minimum absolute atomic E-state index is 0.0615. The summed E-state index contributed by atoms with van der Waals surface area (Å²) in [6, 6.07) is 16.0. The summed E-state index contributed by atoms with van der Waals surface area (Å²) in [5.74, 6) is -0.0705. The number of ether oxygens (including phenoxy) is 1. The molecule has 0 heterocycles. The number of carbonyl (C=O) groups is 2. The van der Waals surface area contributed by atoms with Crippen molar-refractivity contribution in [2.75, 3.05) is 13.2 Å². The molecule has 0 saturated heterocycles. The Morgan fingerprint density at radius 1 is 1.04 bits per heavy atom. The van der Waals surface area contributed by atoms with Gasteiger partial charge >= 0.3 is 12.2 Å². The zero-order chi connectivity index (χ0) is 16.4. The molecule has 0 atom stereocenters. The summed E-state index contributed by atoms with van der Waals surface area (Å²) in [6.45, 7) is 1.78. The van der Waals surface area contributed by atoms with Gasteiger partial charge in [-0.3, -0.25) is 0 Å². The van der Waals surface area contributed by atoms with Gasteiger partial charge in [0, 0.05) is 12.5 Å². The van der Waals surface area contributed by atoms with Crippen LogP contribution in [0.1, 0.15) is 24.0 Å². The summed E-state index contributed by atoms with van der Waals surface area (Å²) < 4.78 is 5.26. The van der Waals surface area contributed by atoms with Crippen LogP contribution in [0.2, 0.25) is 0 Å². The maximum Gasteiger partial charge on any atom is 0.419 e. The molecule has 1 N–H and O–H groups in total. The predicted molar refractivity (Wildman–Crippen MR) is 85.5 cm³/mol. The summed E-state index contributed by atoms with van der Waals surface area (Å²) in [4.78, 5) is 23.6. The average molecular weight is 311 g/mol. The molecule has 0 unspecified atom stereocenters. The summed E-state index contributed by atoms with van der Waals surface area (Å²) >= 11 is 0. The van der Waals surface area contributed by atoms with Crippen molar-refractivity contribution in [3.63, 3.8) is 0 Å². The van der Waals surface area contributed by atoms with Gasteiger partial charge in [-0.25, -0.2) is 14.5 Å². The van der Waals surface area contributed by atoms with Gasteiger partial charge in [0.25, 0.3) is 0 Å². The predicted octanol–water partition coefficient (Wildman–Crippen LogP) is 3.94. The largest absolute Gasteiger partial charge is 0.465 e. The lowest BCUT2D eigenvalue weighted by molar-refractivity contribution is 0.0943. The van der Waals surface area contributed by atoms with Gasteiger partial charge in [-0.2, -0.15) is 0 Å². The van der Waals surface area contributed by atoms with Gasteiger partial charge < -0.3 is 9.84 Å². The molecular weight excluding hydrogens is 294 g/mol. The molecule has 5 heteroatoms. The molecule has 0 radical (unpaired) electrons. The highest BCUT2D eigenvalue weighted by molar-refractivity contribution is 5.86. The standard InChI is InChI=1S/C18H17NO4/c1-2-19(17(20)21)18(22)23-11-16-14-9-5-3-7-12(14)13-8-4-6-10-15(13)16/h3-10,16H,2,11H2,1H3,(H,20,21). The molecule has 2 aromatic rings. The maximum absolute atomic E-state index is 11.9. The number of hydrogen-bond acceptors (Lipinski definition) is 3. The molecule has 2 amide bonds. The van der Waals surface area contributed by atoms with E-state index in [1.54, 1.807) is 6.92 Å². The Kier molecular flexibility index (Phi) is 4.02. The molecule has 5 nitrogen and oxygen atoms in total. The first-order chi connectivity index (χ1) is 11.1. The summed E-state index contributed by atoms with van der Waals surface area (Å²) in [7, 11) is 0. The molecular formula is C18H17NO4. The normalized spacial score (nSPS) is 12.4. The number of carbonyl (C=O) groups excluding carboxylic acids is 1. The fourth-order valence-corrected chi connectivity index (χ4v) is 3.01. The van der Waals surface area contributed by atoms with Gasteiger partial charge in [0.15, 0.2) is 0 Å². The van der Waals surface area contributed by atoms with Crippen LogP contribution in [0.5, 0.6) is 0 Å². The summed E-state index contributed by atoms with van der Waals surface area (Å²) in [6.07, 6.45) is -2.13. The van der Waals surface area contributed by atoms with Crippen LogP contribution in [0.25, 0.3) is 11.1 Å². The summed E-state index contributed by atoms with van der Waals surface area (Å²) in [5.41, 5.74) is 4.46. The Bertz CT molecular complexity index is 711. The molecule has 0 saturated carbocycles. The van der Waals surface area contributed by atoms with E-state index < -0.39 is 12.2 Å². The molecule has 1 aliphatic rings. The number of carboxylic acid groups (broad SMARTS) is 1. The zero-order valence-electron chi connectivity index (χ0n) is 12.7. The van der Waals surface area contributed by atoms with Crippen molar-refractivity contribution in [1.29, 1.82) is 0 Å². The van der Waals surface area contributed by atoms with Crippen LogP contribution < -0.4 is 0 Å². The van der Waals surface area contributed by atoms with Crippen LogP contribution in [-0.2, 0) is 4.74 Å². The number of fused-ring (bicyclic) bond motifs is 3. The smallest absolute Gasteiger partial charge is 0.419 e. The number of hydrogen-bond donors (Lipinski definition) is 1. The molecule has 0 aromatic heterocycles. The SMILES string of the molecule is CCN(C(=O)O)C(=O)OCC1c2ccccc2-c2ccccc21. The van der Waals surface area contributed by atoms with Crippen LogP contribution in [0.15, 0.2) is 48.5 Å². The van der Waals surface area contributed by atoms with Crippen LogP contribution in [-0.4, -0.2) is 35.3 Å². The number of benzene rings is 2. The quantitative estimate of drug-likeness (QED) is 0.932. The lowest BCUT2D eigenvalue weighted by atomic mass is 9.98. The molecule has 2 aromatic carbocycles. The van der Waals surface area contributed by atoms with Crippen LogP contribution >= 0.6 is 0 Å². The van der Waals surface area contributed by atoms with E-state index in [1.165, 1.54) is 0 Å². The van der Waals surface area contributed by atoms with E-state index in [0.717, 1.165) is 22.3 Å². The minimum Gasteiger partial charge on any atom is -0.465 e. The molecule has 0 fully saturated rings. The second-order valence-electron chi connectivity index (χ2n) is 5.33. The van der Waals surface area contributed by atoms with Crippen LogP contribution in [0.4, 0.5) is 9.59 Å².